The molecule has 2 fully saturated rings. The van der Waals surface area contributed by atoms with E-state index in [2.05, 4.69) is 10.3 Å². The summed E-state index contributed by atoms with van der Waals surface area (Å²) in [5.41, 5.74) is 6.28. The molecule has 1 aliphatic heterocycles. The maximum Gasteiger partial charge on any atom is 0.323 e. The van der Waals surface area contributed by atoms with E-state index in [9.17, 15) is 35.1 Å². The monoisotopic (exact) mass is 714 g/mol. The average Bonchev–Trinajstić information content (AvgIpc) is 3.79. The molecule has 260 valence electrons. The molecule has 1 saturated carbocycles. The van der Waals surface area contributed by atoms with E-state index < -0.39 is 54.9 Å². The van der Waals surface area contributed by atoms with Crippen molar-refractivity contribution in [3.63, 3.8) is 0 Å². The highest BCUT2D eigenvalue weighted by Crippen LogP contribution is 2.38. The lowest BCUT2D eigenvalue weighted by Crippen LogP contribution is -2.49. The number of carboxylic acid groups (broad SMARTS) is 1. The number of fused-ring (bicyclic) bond motifs is 1. The molecule has 1 aliphatic carbocycles. The van der Waals surface area contributed by atoms with Crippen LogP contribution in [0.2, 0.25) is 10.0 Å². The first kappa shape index (κ1) is 34.8. The molecule has 3 heterocycles. The van der Waals surface area contributed by atoms with E-state index in [1.807, 2.05) is 4.90 Å². The van der Waals surface area contributed by atoms with Crippen LogP contribution in [0, 0.1) is 0 Å². The zero-order valence-corrected chi connectivity index (χ0v) is 27.6. The van der Waals surface area contributed by atoms with Gasteiger partial charge in [0.05, 0.1) is 25.0 Å². The Morgan fingerprint density at radius 1 is 1.02 bits per heavy atom. The molecule has 8 N–H and O–H groups in total. The van der Waals surface area contributed by atoms with Crippen LogP contribution >= 0.6 is 23.2 Å². The van der Waals surface area contributed by atoms with Gasteiger partial charge in [-0.1, -0.05) is 47.5 Å². The summed E-state index contributed by atoms with van der Waals surface area (Å²) in [4.78, 5) is 40.9. The number of halogens is 2. The lowest BCUT2D eigenvalue weighted by Gasteiger charge is -2.30. The summed E-state index contributed by atoms with van der Waals surface area (Å²) in [7, 11) is 0. The Hall–Kier alpha value is -4.09. The number of carboxylic acids is 1. The number of aliphatic carboxylic acids is 1. The molecule has 0 radical (unpaired) electrons. The maximum atomic E-state index is 12.5. The second-order valence-corrected chi connectivity index (χ2v) is 13.2. The molecule has 2 aromatic heterocycles. The van der Waals surface area contributed by atoms with Gasteiger partial charge in [0.15, 0.2) is 17.0 Å². The average molecular weight is 716 g/mol. The van der Waals surface area contributed by atoms with Gasteiger partial charge in [-0.15, -0.1) is 0 Å². The predicted molar refractivity (Wildman–Crippen MR) is 180 cm³/mol. The minimum absolute atomic E-state index is 0.0591. The summed E-state index contributed by atoms with van der Waals surface area (Å²) in [6.45, 7) is -0.745. The fourth-order valence-electron chi connectivity index (χ4n) is 6.61. The zero-order chi connectivity index (χ0) is 35.0. The van der Waals surface area contributed by atoms with Crippen molar-refractivity contribution in [1.29, 1.82) is 0 Å². The molecule has 5 atom stereocenters. The quantitative estimate of drug-likeness (QED) is 0.115. The zero-order valence-electron chi connectivity index (χ0n) is 26.1. The Kier molecular flexibility index (Phi) is 9.95. The largest absolute Gasteiger partial charge is 0.480 e. The van der Waals surface area contributed by atoms with Crippen LogP contribution in [0.3, 0.4) is 0 Å². The van der Waals surface area contributed by atoms with Gasteiger partial charge in [-0.2, -0.15) is 9.97 Å². The predicted octanol–water partition coefficient (Wildman–Crippen LogP) is 0.959. The second-order valence-electron chi connectivity index (χ2n) is 12.3. The van der Waals surface area contributed by atoms with Crippen LogP contribution in [-0.2, 0) is 15.2 Å². The molecule has 4 aromatic rings. The Morgan fingerprint density at radius 2 is 1.65 bits per heavy atom. The minimum Gasteiger partial charge on any atom is -0.480 e. The van der Waals surface area contributed by atoms with Crippen LogP contribution in [-0.4, -0.2) is 119 Å². The Morgan fingerprint density at radius 3 is 2.20 bits per heavy atom. The van der Waals surface area contributed by atoms with Gasteiger partial charge in [-0.3, -0.25) is 9.59 Å². The standard InChI is InChI=1S/C32H36Cl2N8O7/c33-19-5-1-17(2-6-19)32(49,18-3-7-20(34)8-4-18)15-36-29-26-30(39-31(38-29)40-10-9-21(35)12-40)42(16-37-26)23-11-22(27(47)28(23)48)41(13-25(45)46)24(44)14-43/h1-8,16,21-23,27-28,43,47-49H,9-15,35H2,(H,45,46)(H,36,38,39)/t21-,22+,23-,27-,28+/m1/s1. The number of nitrogens with zero attached hydrogens (tertiary/aromatic N) is 6. The number of nitrogens with two attached hydrogens (primary N) is 1. The molecule has 0 unspecified atom stereocenters. The van der Waals surface area contributed by atoms with E-state index in [0.29, 0.717) is 52.1 Å². The summed E-state index contributed by atoms with van der Waals surface area (Å²) in [5, 5.41) is 57.6. The number of carbonyl (C=O) groups is 2. The van der Waals surface area contributed by atoms with Crippen molar-refractivity contribution in [3.05, 3.63) is 76.0 Å². The van der Waals surface area contributed by atoms with Gasteiger partial charge < -0.3 is 51.0 Å². The van der Waals surface area contributed by atoms with Crippen molar-refractivity contribution < 1.29 is 35.1 Å². The van der Waals surface area contributed by atoms with Crippen molar-refractivity contribution in [3.8, 4) is 0 Å². The Labute approximate surface area is 290 Å². The van der Waals surface area contributed by atoms with Crippen LogP contribution in [0.4, 0.5) is 11.8 Å². The third kappa shape index (κ3) is 6.88. The molecule has 17 heteroatoms. The number of aliphatic hydroxyl groups is 4. The summed E-state index contributed by atoms with van der Waals surface area (Å²) < 4.78 is 1.56. The first-order chi connectivity index (χ1) is 23.4. The molecule has 15 nitrogen and oxygen atoms in total. The molecule has 0 spiro atoms. The van der Waals surface area contributed by atoms with Crippen molar-refractivity contribution in [2.24, 2.45) is 5.73 Å². The number of anilines is 2. The van der Waals surface area contributed by atoms with Gasteiger partial charge in [0, 0.05) is 29.2 Å². The van der Waals surface area contributed by atoms with E-state index >= 15 is 0 Å². The molecule has 49 heavy (non-hydrogen) atoms. The molecule has 1 amide bonds. The van der Waals surface area contributed by atoms with E-state index in [4.69, 9.17) is 38.9 Å². The summed E-state index contributed by atoms with van der Waals surface area (Å²) in [5.74, 6) is -1.65. The van der Waals surface area contributed by atoms with Gasteiger partial charge >= 0.3 is 5.97 Å². The molecular formula is C32H36Cl2N8O7. The summed E-state index contributed by atoms with van der Waals surface area (Å²) in [6.07, 6.45) is -0.894. The van der Waals surface area contributed by atoms with E-state index in [-0.39, 0.29) is 30.5 Å². The van der Waals surface area contributed by atoms with Crippen LogP contribution in [0.15, 0.2) is 54.9 Å². The van der Waals surface area contributed by atoms with E-state index in [1.165, 1.54) is 6.33 Å². The molecule has 0 bridgehead atoms. The number of hydrogen-bond donors (Lipinski definition) is 7. The first-order valence-electron chi connectivity index (χ1n) is 15.6. The number of hydrogen-bond acceptors (Lipinski definition) is 12. The Bertz CT molecular complexity index is 1780. The van der Waals surface area contributed by atoms with Crippen LogP contribution < -0.4 is 16.0 Å². The molecule has 2 aliphatic rings. The number of aromatic nitrogens is 4. The fourth-order valence-corrected chi connectivity index (χ4v) is 6.87. The van der Waals surface area contributed by atoms with Gasteiger partial charge in [0.25, 0.3) is 0 Å². The van der Waals surface area contributed by atoms with Crippen LogP contribution in [0.5, 0.6) is 0 Å². The van der Waals surface area contributed by atoms with E-state index in [0.717, 1.165) is 4.90 Å². The van der Waals surface area contributed by atoms with Gasteiger partial charge in [0.2, 0.25) is 11.9 Å². The minimum atomic E-state index is -1.59. The Balaban J connectivity index is 1.40. The third-order valence-corrected chi connectivity index (χ3v) is 9.72. The topological polar surface area (TPSA) is 223 Å². The number of nitrogens with one attached hydrogen (secondary N) is 1. The number of aliphatic hydroxyl groups excluding tert-OH is 3. The van der Waals surface area contributed by atoms with Gasteiger partial charge in [-0.05, 0) is 48.2 Å². The van der Waals surface area contributed by atoms with Crippen LogP contribution in [0.1, 0.15) is 30.0 Å². The third-order valence-electron chi connectivity index (χ3n) is 9.21. The number of imidazole rings is 1. The highest BCUT2D eigenvalue weighted by atomic mass is 35.5. The van der Waals surface area contributed by atoms with Crippen molar-refractivity contribution >= 4 is 58.0 Å². The normalized spacial score (nSPS) is 22.5. The van der Waals surface area contributed by atoms with Crippen LogP contribution in [0.25, 0.3) is 11.2 Å². The van der Waals surface area contributed by atoms with Crippen molar-refractivity contribution in [1.82, 2.24) is 24.4 Å². The second kappa shape index (κ2) is 14.0. The first-order valence-corrected chi connectivity index (χ1v) is 16.4. The number of carbonyl (C=O) groups excluding carboxylic acids is 1. The van der Waals surface area contributed by atoms with E-state index in [1.54, 1.807) is 53.1 Å². The lowest BCUT2D eigenvalue weighted by atomic mass is 9.86. The molecule has 1 saturated heterocycles. The van der Waals surface area contributed by atoms with Crippen molar-refractivity contribution in [2.75, 3.05) is 43.0 Å². The lowest BCUT2D eigenvalue weighted by molar-refractivity contribution is -0.149. The fraction of sp³-hybridized carbons (Fsp3) is 0.406. The highest BCUT2D eigenvalue weighted by Gasteiger charge is 2.47. The highest BCUT2D eigenvalue weighted by molar-refractivity contribution is 6.30. The van der Waals surface area contributed by atoms with Gasteiger partial charge in [0.1, 0.15) is 31.0 Å². The molecule has 2 aromatic carbocycles. The number of benzene rings is 2. The SMILES string of the molecule is N[C@@H]1CCN(c2nc(NCC(O)(c3ccc(Cl)cc3)c3ccc(Cl)cc3)c3ncn([C@@H]4C[C@H](N(CC(=O)O)C(=O)CO)[C@@H](O)[C@H]4O)c3n2)C1. The van der Waals surface area contributed by atoms with Crippen molar-refractivity contribution in [2.45, 2.75) is 48.8 Å². The summed E-state index contributed by atoms with van der Waals surface area (Å²) >= 11 is 12.3. The number of amides is 1. The number of rotatable bonds is 11. The maximum absolute atomic E-state index is 12.5. The van der Waals surface area contributed by atoms with Gasteiger partial charge in [-0.25, -0.2) is 4.98 Å². The molecule has 6 rings (SSSR count). The summed E-state index contributed by atoms with van der Waals surface area (Å²) in [6, 6.07) is 11.5. The smallest absolute Gasteiger partial charge is 0.323 e. The molecular weight excluding hydrogens is 679 g/mol.